The van der Waals surface area contributed by atoms with Gasteiger partial charge in [-0.25, -0.2) is 4.79 Å². The number of hydrogen-bond donors (Lipinski definition) is 4. The quantitative estimate of drug-likeness (QED) is 0.467. The summed E-state index contributed by atoms with van der Waals surface area (Å²) in [4.78, 5) is 10.3. The summed E-state index contributed by atoms with van der Waals surface area (Å²) in [6.45, 7) is 0. The molecule has 0 amide bonds. The molecule has 1 aromatic rings. The minimum absolute atomic E-state index is 0. The van der Waals surface area contributed by atoms with Crippen molar-refractivity contribution in [2.75, 3.05) is 0 Å². The predicted molar refractivity (Wildman–Crippen MR) is 48.8 cm³/mol. The maximum Gasteiger partial charge on any atom is 0.369 e. The highest BCUT2D eigenvalue weighted by Gasteiger charge is 2.34. The number of benzene rings is 1. The van der Waals surface area contributed by atoms with Gasteiger partial charge in [0.25, 0.3) is 5.79 Å². The van der Waals surface area contributed by atoms with E-state index in [-0.39, 0.29) is 17.2 Å². The van der Waals surface area contributed by atoms with Crippen LogP contribution < -0.4 is 6.15 Å². The average Bonchev–Trinajstić information content (AvgIpc) is 2.06. The molecule has 14 heavy (non-hydrogen) atoms. The fraction of sp³-hybridized carbons (Fsp3) is 0.125. The summed E-state index contributed by atoms with van der Waals surface area (Å²) in [6.07, 6.45) is 0. The van der Waals surface area contributed by atoms with Crippen molar-refractivity contribution >= 4 is 5.97 Å². The van der Waals surface area contributed by atoms with E-state index in [4.69, 9.17) is 15.3 Å². The molecule has 6 nitrogen and oxygen atoms in total. The Morgan fingerprint density at radius 1 is 1.14 bits per heavy atom. The Hall–Kier alpha value is -1.47. The van der Waals surface area contributed by atoms with Gasteiger partial charge in [0.15, 0.2) is 0 Å². The van der Waals surface area contributed by atoms with Crippen LogP contribution in [0.1, 0.15) is 5.56 Å². The van der Waals surface area contributed by atoms with E-state index in [0.717, 1.165) is 0 Å². The summed E-state index contributed by atoms with van der Waals surface area (Å²) in [5.41, 5.74) is -0.0579. The molecule has 1 aromatic carbocycles. The molecule has 0 saturated heterocycles. The normalized spacial score (nSPS) is 9.57. The molecule has 0 atom stereocenters. The van der Waals surface area contributed by atoms with Crippen LogP contribution in [0.25, 0.3) is 0 Å². The van der Waals surface area contributed by atoms with Crippen LogP contribution in [0.5, 0.6) is 0 Å². The molecule has 0 fully saturated rings. The SMILES string of the molecule is N.O.O=C(O)C(O)(O)c1ccccc1. The van der Waals surface area contributed by atoms with Crippen LogP contribution in [0.4, 0.5) is 0 Å². The zero-order valence-corrected chi connectivity index (χ0v) is 7.34. The molecule has 80 valence electrons. The standard InChI is InChI=1S/C8H8O4.H3N.H2O/c9-7(10)8(11,12)6-4-2-1-3-5-6;;/h1-5,11-12H,(H,9,10);1H3;1H2. The molecule has 1 rings (SSSR count). The molecule has 0 aliphatic heterocycles. The second kappa shape index (κ2) is 5.30. The predicted octanol–water partition coefficient (Wildman–Crippen LogP) is -0.754. The van der Waals surface area contributed by atoms with Crippen LogP contribution in [-0.2, 0) is 10.6 Å². The molecular weight excluding hydrogens is 190 g/mol. The van der Waals surface area contributed by atoms with E-state index < -0.39 is 11.8 Å². The monoisotopic (exact) mass is 203 g/mol. The Morgan fingerprint density at radius 2 is 1.57 bits per heavy atom. The van der Waals surface area contributed by atoms with E-state index in [2.05, 4.69) is 0 Å². The van der Waals surface area contributed by atoms with E-state index in [1.807, 2.05) is 0 Å². The summed E-state index contributed by atoms with van der Waals surface area (Å²) in [7, 11) is 0. The molecule has 0 bridgehead atoms. The number of aliphatic hydroxyl groups is 2. The topological polar surface area (TPSA) is 144 Å². The maximum atomic E-state index is 10.3. The van der Waals surface area contributed by atoms with Crippen molar-refractivity contribution in [1.82, 2.24) is 6.15 Å². The van der Waals surface area contributed by atoms with Gasteiger partial charge >= 0.3 is 5.97 Å². The summed E-state index contributed by atoms with van der Waals surface area (Å²) in [5.74, 6) is -4.48. The van der Waals surface area contributed by atoms with Gasteiger partial charge in [-0.05, 0) is 0 Å². The Kier molecular flexibility index (Phi) is 5.69. The van der Waals surface area contributed by atoms with E-state index in [9.17, 15) is 4.79 Å². The molecule has 6 heteroatoms. The van der Waals surface area contributed by atoms with Gasteiger partial charge in [0.1, 0.15) is 0 Å². The summed E-state index contributed by atoms with van der Waals surface area (Å²) >= 11 is 0. The Bertz CT molecular complexity index is 285. The number of aliphatic carboxylic acids is 1. The first-order valence-electron chi connectivity index (χ1n) is 3.29. The van der Waals surface area contributed by atoms with Crippen LogP contribution in [-0.4, -0.2) is 26.8 Å². The summed E-state index contributed by atoms with van der Waals surface area (Å²) in [5, 5.41) is 26.4. The van der Waals surface area contributed by atoms with Gasteiger partial charge in [0.05, 0.1) is 0 Å². The summed E-state index contributed by atoms with van der Waals surface area (Å²) in [6, 6.07) is 7.36. The zero-order valence-electron chi connectivity index (χ0n) is 7.34. The van der Waals surface area contributed by atoms with Gasteiger partial charge in [0, 0.05) is 5.56 Å². The fourth-order valence-electron chi connectivity index (χ4n) is 0.794. The van der Waals surface area contributed by atoms with Crippen molar-refractivity contribution in [3.8, 4) is 0 Å². The van der Waals surface area contributed by atoms with Gasteiger partial charge in [-0.2, -0.15) is 0 Å². The van der Waals surface area contributed by atoms with Crippen molar-refractivity contribution in [2.24, 2.45) is 0 Å². The Balaban J connectivity index is 0. The molecule has 0 aliphatic carbocycles. The molecule has 0 heterocycles. The minimum Gasteiger partial charge on any atom is -0.477 e. The minimum atomic E-state index is -2.79. The van der Waals surface area contributed by atoms with Crippen LogP contribution in [0.15, 0.2) is 30.3 Å². The lowest BCUT2D eigenvalue weighted by Gasteiger charge is -2.15. The van der Waals surface area contributed by atoms with Gasteiger partial charge in [-0.3, -0.25) is 0 Å². The van der Waals surface area contributed by atoms with Gasteiger partial charge in [-0.1, -0.05) is 30.3 Å². The lowest BCUT2D eigenvalue weighted by Crippen LogP contribution is -2.34. The molecule has 0 aliphatic rings. The highest BCUT2D eigenvalue weighted by atomic mass is 16.5. The van der Waals surface area contributed by atoms with Crippen molar-refractivity contribution in [1.29, 1.82) is 0 Å². The lowest BCUT2D eigenvalue weighted by molar-refractivity contribution is -0.208. The second-order valence-corrected chi connectivity index (χ2v) is 2.34. The van der Waals surface area contributed by atoms with Crippen molar-refractivity contribution in [3.63, 3.8) is 0 Å². The van der Waals surface area contributed by atoms with Crippen LogP contribution in [0.3, 0.4) is 0 Å². The summed E-state index contributed by atoms with van der Waals surface area (Å²) < 4.78 is 0. The largest absolute Gasteiger partial charge is 0.477 e. The third kappa shape index (κ3) is 2.79. The Morgan fingerprint density at radius 3 is 1.93 bits per heavy atom. The second-order valence-electron chi connectivity index (χ2n) is 2.34. The van der Waals surface area contributed by atoms with Gasteiger partial charge < -0.3 is 26.9 Å². The number of hydrogen-bond acceptors (Lipinski definition) is 4. The molecule has 0 spiro atoms. The van der Waals surface area contributed by atoms with Crippen LogP contribution in [0.2, 0.25) is 0 Å². The van der Waals surface area contributed by atoms with Crippen molar-refractivity contribution in [2.45, 2.75) is 5.79 Å². The zero-order chi connectivity index (χ0) is 9.19. The molecule has 0 unspecified atom stereocenters. The van der Waals surface area contributed by atoms with E-state index >= 15 is 0 Å². The van der Waals surface area contributed by atoms with E-state index in [0.29, 0.717) is 0 Å². The number of carboxylic acids is 1. The third-order valence-corrected chi connectivity index (χ3v) is 1.47. The van der Waals surface area contributed by atoms with Crippen molar-refractivity contribution in [3.05, 3.63) is 35.9 Å². The first-order chi connectivity index (χ1) is 5.55. The Labute approximate surface area is 80.3 Å². The molecule has 0 saturated carbocycles. The third-order valence-electron chi connectivity index (χ3n) is 1.47. The highest BCUT2D eigenvalue weighted by Crippen LogP contribution is 2.16. The average molecular weight is 203 g/mol. The fourth-order valence-corrected chi connectivity index (χ4v) is 0.794. The number of rotatable bonds is 2. The molecule has 8 N–H and O–H groups in total. The first kappa shape index (κ1) is 15.0. The van der Waals surface area contributed by atoms with Gasteiger partial charge in [0.2, 0.25) is 0 Å². The van der Waals surface area contributed by atoms with Gasteiger partial charge in [-0.15, -0.1) is 0 Å². The maximum absolute atomic E-state index is 10.3. The highest BCUT2D eigenvalue weighted by molar-refractivity contribution is 5.76. The molecule has 0 radical (unpaired) electrons. The smallest absolute Gasteiger partial charge is 0.369 e. The number of carbonyl (C=O) groups is 1. The number of carboxylic acid groups (broad SMARTS) is 1. The van der Waals surface area contributed by atoms with E-state index in [1.54, 1.807) is 6.07 Å². The first-order valence-corrected chi connectivity index (χ1v) is 3.29. The molecular formula is C8H13NO5. The van der Waals surface area contributed by atoms with Crippen LogP contribution >= 0.6 is 0 Å². The van der Waals surface area contributed by atoms with Crippen molar-refractivity contribution < 1.29 is 25.6 Å². The molecule has 0 aromatic heterocycles. The van der Waals surface area contributed by atoms with E-state index in [1.165, 1.54) is 24.3 Å². The van der Waals surface area contributed by atoms with Crippen LogP contribution in [0, 0.1) is 0 Å². The lowest BCUT2D eigenvalue weighted by atomic mass is 10.1.